The maximum absolute atomic E-state index is 6.64. The number of aromatic nitrogens is 1. The summed E-state index contributed by atoms with van der Waals surface area (Å²) in [6.07, 6.45) is 7.21. The molecule has 1 saturated carbocycles. The van der Waals surface area contributed by atoms with E-state index in [-0.39, 0.29) is 5.54 Å². The maximum Gasteiger partial charge on any atom is 0.113 e. The maximum atomic E-state index is 6.64. The number of halogens is 1. The lowest BCUT2D eigenvalue weighted by molar-refractivity contribution is 0.384. The highest BCUT2D eigenvalue weighted by molar-refractivity contribution is 9.10. The second kappa shape index (κ2) is 5.96. The van der Waals surface area contributed by atoms with E-state index >= 15 is 0 Å². The molecule has 0 spiro atoms. The second-order valence-electron chi connectivity index (χ2n) is 5.62. The van der Waals surface area contributed by atoms with Gasteiger partial charge in [0, 0.05) is 15.4 Å². The van der Waals surface area contributed by atoms with Gasteiger partial charge in [-0.1, -0.05) is 53.7 Å². The molecule has 3 rings (SSSR count). The van der Waals surface area contributed by atoms with Gasteiger partial charge in [0.2, 0.25) is 0 Å². The molecule has 0 unspecified atom stereocenters. The molecule has 20 heavy (non-hydrogen) atoms. The van der Waals surface area contributed by atoms with Crippen molar-refractivity contribution in [3.05, 3.63) is 39.1 Å². The number of hydrogen-bond donors (Lipinski definition) is 1. The molecule has 0 saturated heterocycles. The summed E-state index contributed by atoms with van der Waals surface area (Å²) < 4.78 is 1.09. The van der Waals surface area contributed by atoms with Crippen molar-refractivity contribution in [2.45, 2.75) is 44.1 Å². The molecule has 0 radical (unpaired) electrons. The molecule has 0 atom stereocenters. The van der Waals surface area contributed by atoms with Crippen molar-refractivity contribution < 1.29 is 0 Å². The molecular formula is C16H19BrN2S. The Hall–Kier alpha value is -0.710. The van der Waals surface area contributed by atoms with Gasteiger partial charge in [-0.2, -0.15) is 0 Å². The second-order valence-corrected chi connectivity index (χ2v) is 7.39. The molecule has 0 amide bonds. The summed E-state index contributed by atoms with van der Waals surface area (Å²) in [4.78, 5) is 4.83. The number of thiazole rings is 1. The largest absolute Gasteiger partial charge is 0.319 e. The third-order valence-electron chi connectivity index (χ3n) is 4.07. The molecule has 1 fully saturated rings. The van der Waals surface area contributed by atoms with Crippen LogP contribution >= 0.6 is 27.3 Å². The minimum absolute atomic E-state index is 0.200. The first kappa shape index (κ1) is 14.2. The van der Waals surface area contributed by atoms with Crippen LogP contribution in [0.25, 0.3) is 11.3 Å². The molecule has 2 nitrogen and oxygen atoms in total. The summed E-state index contributed by atoms with van der Waals surface area (Å²) in [5.41, 5.74) is 8.64. The zero-order valence-electron chi connectivity index (χ0n) is 11.4. The molecule has 2 aromatic rings. The number of rotatable bonds is 2. The van der Waals surface area contributed by atoms with E-state index in [0.29, 0.717) is 0 Å². The molecule has 106 valence electrons. The number of nitrogens with zero attached hydrogens (tertiary/aromatic N) is 1. The lowest BCUT2D eigenvalue weighted by Gasteiger charge is -2.25. The minimum atomic E-state index is -0.200. The fraction of sp³-hybridized carbons (Fsp3) is 0.438. The van der Waals surface area contributed by atoms with Crippen LogP contribution in [-0.2, 0) is 5.54 Å². The van der Waals surface area contributed by atoms with Crippen LogP contribution in [0.4, 0.5) is 0 Å². The Morgan fingerprint density at radius 3 is 2.35 bits per heavy atom. The van der Waals surface area contributed by atoms with Gasteiger partial charge in [0.1, 0.15) is 5.01 Å². The van der Waals surface area contributed by atoms with Gasteiger partial charge in [-0.25, -0.2) is 4.98 Å². The van der Waals surface area contributed by atoms with Gasteiger partial charge in [0.15, 0.2) is 0 Å². The normalized spacial score (nSPS) is 18.7. The summed E-state index contributed by atoms with van der Waals surface area (Å²) in [7, 11) is 0. The van der Waals surface area contributed by atoms with Crippen LogP contribution < -0.4 is 5.73 Å². The molecule has 4 heteroatoms. The van der Waals surface area contributed by atoms with Gasteiger partial charge in [-0.3, -0.25) is 0 Å². The summed E-state index contributed by atoms with van der Waals surface area (Å²) >= 11 is 5.18. The van der Waals surface area contributed by atoms with Crippen molar-refractivity contribution in [1.29, 1.82) is 0 Å². The van der Waals surface area contributed by atoms with Crippen molar-refractivity contribution in [2.24, 2.45) is 5.73 Å². The molecule has 0 bridgehead atoms. The standard InChI is InChI=1S/C16H19BrN2S/c17-13-7-5-12(6-8-13)14-11-20-15(19-14)16(18)9-3-1-2-4-10-16/h5-8,11H,1-4,9-10,18H2. The lowest BCUT2D eigenvalue weighted by atomic mass is 9.92. The SMILES string of the molecule is NC1(c2nc(-c3ccc(Br)cc3)cs2)CCCCCC1. The van der Waals surface area contributed by atoms with Crippen LogP contribution in [0.2, 0.25) is 0 Å². The quantitative estimate of drug-likeness (QED) is 0.766. The van der Waals surface area contributed by atoms with Gasteiger partial charge < -0.3 is 5.73 Å². The van der Waals surface area contributed by atoms with E-state index in [2.05, 4.69) is 45.6 Å². The van der Waals surface area contributed by atoms with Crippen molar-refractivity contribution in [1.82, 2.24) is 4.98 Å². The van der Waals surface area contributed by atoms with Crippen LogP contribution in [0, 0.1) is 0 Å². The van der Waals surface area contributed by atoms with E-state index < -0.39 is 0 Å². The van der Waals surface area contributed by atoms with E-state index in [1.54, 1.807) is 11.3 Å². The summed E-state index contributed by atoms with van der Waals surface area (Å²) in [5.74, 6) is 0. The van der Waals surface area contributed by atoms with Crippen molar-refractivity contribution in [2.75, 3.05) is 0 Å². The van der Waals surface area contributed by atoms with E-state index in [1.807, 2.05) is 0 Å². The Kier molecular flexibility index (Phi) is 4.24. The Bertz CT molecular complexity index is 568. The molecule has 1 aromatic carbocycles. The molecule has 1 heterocycles. The first-order valence-electron chi connectivity index (χ1n) is 7.18. The van der Waals surface area contributed by atoms with Crippen LogP contribution in [0.5, 0.6) is 0 Å². The van der Waals surface area contributed by atoms with Crippen molar-refractivity contribution in [3.8, 4) is 11.3 Å². The summed E-state index contributed by atoms with van der Waals surface area (Å²) in [6, 6.07) is 8.30. The third kappa shape index (κ3) is 2.97. The Morgan fingerprint density at radius 1 is 1.05 bits per heavy atom. The summed E-state index contributed by atoms with van der Waals surface area (Å²) in [5, 5.41) is 3.25. The fourth-order valence-corrected chi connectivity index (χ4v) is 4.10. The zero-order valence-corrected chi connectivity index (χ0v) is 13.8. The van der Waals surface area contributed by atoms with Gasteiger partial charge in [0.25, 0.3) is 0 Å². The fourth-order valence-electron chi connectivity index (χ4n) is 2.83. The molecule has 1 aliphatic carbocycles. The molecular weight excluding hydrogens is 332 g/mol. The first-order chi connectivity index (χ1) is 9.67. The number of hydrogen-bond acceptors (Lipinski definition) is 3. The highest BCUT2D eigenvalue weighted by Gasteiger charge is 2.31. The van der Waals surface area contributed by atoms with E-state index in [0.717, 1.165) is 33.6 Å². The average molecular weight is 351 g/mol. The average Bonchev–Trinajstić information content (AvgIpc) is 2.84. The Labute approximate surface area is 132 Å². The van der Waals surface area contributed by atoms with Crippen LogP contribution in [-0.4, -0.2) is 4.98 Å². The van der Waals surface area contributed by atoms with E-state index in [1.165, 1.54) is 25.7 Å². The molecule has 1 aliphatic rings. The smallest absolute Gasteiger partial charge is 0.113 e. The summed E-state index contributed by atoms with van der Waals surface area (Å²) in [6.45, 7) is 0. The minimum Gasteiger partial charge on any atom is -0.319 e. The van der Waals surface area contributed by atoms with Gasteiger partial charge >= 0.3 is 0 Å². The number of benzene rings is 1. The highest BCUT2D eigenvalue weighted by atomic mass is 79.9. The predicted octanol–water partition coefficient (Wildman–Crippen LogP) is 5.08. The van der Waals surface area contributed by atoms with Gasteiger partial charge in [-0.05, 0) is 25.0 Å². The topological polar surface area (TPSA) is 38.9 Å². The van der Waals surface area contributed by atoms with E-state index in [4.69, 9.17) is 10.7 Å². The molecule has 1 aromatic heterocycles. The van der Waals surface area contributed by atoms with Gasteiger partial charge in [0.05, 0.1) is 11.2 Å². The van der Waals surface area contributed by atoms with Crippen molar-refractivity contribution >= 4 is 27.3 Å². The molecule has 2 N–H and O–H groups in total. The van der Waals surface area contributed by atoms with Crippen LogP contribution in [0.1, 0.15) is 43.5 Å². The third-order valence-corrected chi connectivity index (χ3v) is 5.66. The predicted molar refractivity (Wildman–Crippen MR) is 88.8 cm³/mol. The Morgan fingerprint density at radius 2 is 1.70 bits per heavy atom. The zero-order chi connectivity index (χ0) is 14.0. The molecule has 0 aliphatic heterocycles. The monoisotopic (exact) mass is 350 g/mol. The van der Waals surface area contributed by atoms with Crippen LogP contribution in [0.3, 0.4) is 0 Å². The number of nitrogens with two attached hydrogens (primary N) is 1. The highest BCUT2D eigenvalue weighted by Crippen LogP contribution is 2.36. The Balaban J connectivity index is 1.87. The lowest BCUT2D eigenvalue weighted by Crippen LogP contribution is -2.35. The first-order valence-corrected chi connectivity index (χ1v) is 8.85. The van der Waals surface area contributed by atoms with E-state index in [9.17, 15) is 0 Å². The van der Waals surface area contributed by atoms with Crippen molar-refractivity contribution in [3.63, 3.8) is 0 Å². The van der Waals surface area contributed by atoms with Crippen LogP contribution in [0.15, 0.2) is 34.1 Å². The van der Waals surface area contributed by atoms with Gasteiger partial charge in [-0.15, -0.1) is 11.3 Å².